The average Bonchev–Trinajstić information content (AvgIpc) is 1.60. The van der Waals surface area contributed by atoms with Crippen LogP contribution in [0.15, 0.2) is 136 Å². The third-order valence-electron chi connectivity index (χ3n) is 28.5. The largest absolute Gasteiger partial charge is 0.414 e. The molecule has 12 unspecified atom stereocenters. The van der Waals surface area contributed by atoms with Crippen LogP contribution in [0.3, 0.4) is 0 Å². The second-order valence-electron chi connectivity index (χ2n) is 39.9. The van der Waals surface area contributed by atoms with E-state index in [9.17, 15) is 25.5 Å². The Balaban J connectivity index is 0.000000286. The van der Waals surface area contributed by atoms with Crippen LogP contribution in [0.1, 0.15) is 271 Å². The number of aliphatic hydroxyl groups excluding tert-OH is 8. The van der Waals surface area contributed by atoms with Crippen LogP contribution >= 0.6 is 0 Å². The Kier molecular flexibility index (Phi) is 39.5. The van der Waals surface area contributed by atoms with Crippen molar-refractivity contribution in [3.8, 4) is 0 Å². The monoisotopic (exact) mass is 1570 g/mol. The Bertz CT molecular complexity index is 3090. The average molecular weight is 1570 g/mol. The number of hydrogen-bond donors (Lipinski definition) is 8. The molecule has 622 valence electrons. The molecule has 0 radical (unpaired) electrons. The molecule has 9 rings (SSSR count). The van der Waals surface area contributed by atoms with Crippen LogP contribution in [-0.4, -0.2) is 135 Å². The molecule has 9 aliphatic rings. The molecule has 14 heteroatoms. The minimum absolute atomic E-state index is 0.00273. The Morgan fingerprint density at radius 2 is 0.908 bits per heavy atom. The van der Waals surface area contributed by atoms with Gasteiger partial charge in [0.2, 0.25) is 0 Å². The maximum absolute atomic E-state index is 10.1. The second-order valence-corrected chi connectivity index (χ2v) is 54.3. The molecule has 8 N–H and O–H groups in total. The van der Waals surface area contributed by atoms with Gasteiger partial charge >= 0.3 is 0 Å². The van der Waals surface area contributed by atoms with Gasteiger partial charge in [-0.05, 0) is 276 Å². The van der Waals surface area contributed by atoms with E-state index < -0.39 is 25.0 Å². The third kappa shape index (κ3) is 29.3. The predicted octanol–water partition coefficient (Wildman–Crippen LogP) is 22.7. The molecular formula is C95H165O11Si3+. The fourth-order valence-electron chi connectivity index (χ4n) is 17.6. The molecule has 15 atom stereocenters. The smallest absolute Gasteiger partial charge is 0.192 e. The maximum Gasteiger partial charge on any atom is 0.192 e. The highest BCUT2D eigenvalue weighted by atomic mass is 28.4. The van der Waals surface area contributed by atoms with E-state index in [0.717, 1.165) is 143 Å². The highest BCUT2D eigenvalue weighted by Crippen LogP contribution is 2.60. The Morgan fingerprint density at radius 1 is 0.477 bits per heavy atom. The van der Waals surface area contributed by atoms with Crippen LogP contribution in [0, 0.1) is 64.8 Å². The Morgan fingerprint density at radius 3 is 1.39 bits per heavy atom. The molecule has 11 nitrogen and oxygen atoms in total. The van der Waals surface area contributed by atoms with E-state index in [1.54, 1.807) is 17.7 Å². The van der Waals surface area contributed by atoms with Crippen LogP contribution in [0.5, 0.6) is 0 Å². The molecule has 9 fully saturated rings. The molecule has 0 aliphatic heterocycles. The van der Waals surface area contributed by atoms with E-state index in [-0.39, 0.29) is 59.4 Å². The minimum atomic E-state index is -1.71. The second kappa shape index (κ2) is 43.8. The van der Waals surface area contributed by atoms with Crippen molar-refractivity contribution in [3.63, 3.8) is 0 Å². The SMILES string of the molecule is C=C1CCC(O)C/C1=C/C=C1\CCC[C@@]2(C)C1CCC2C(C)/C=C/C(C)C(C)C.C=C1CCC(O)C/C1=C/CO.C=C1CCC(O[Si](C)(C)C(C)(C)C)C/C1=C/CO.C=C1CCC(O[Si](C)(C)C(C)(C)C)C/C1=C/CO[Si](C)(C)C(C)(C)C.CC(CO)C1CCC2[C@@H](O)CCC[C@]12C.[CH+]=C1CCC(O)C/C1=C/CO. The Hall–Kier alpha value is -3.00. The molecule has 0 aromatic carbocycles. The summed E-state index contributed by atoms with van der Waals surface area (Å²) in [6.07, 6.45) is 42.6. The quantitative estimate of drug-likeness (QED) is 0.0393. The summed E-state index contributed by atoms with van der Waals surface area (Å²) < 4.78 is 19.4. The molecule has 109 heavy (non-hydrogen) atoms. The van der Waals surface area contributed by atoms with Crippen molar-refractivity contribution in [1.82, 2.24) is 0 Å². The van der Waals surface area contributed by atoms with Crippen molar-refractivity contribution >= 4 is 25.0 Å². The zero-order chi connectivity index (χ0) is 82.4. The topological polar surface area (TPSA) is 190 Å². The van der Waals surface area contributed by atoms with Crippen molar-refractivity contribution in [3.05, 3.63) is 143 Å². The molecule has 9 aliphatic carbocycles. The van der Waals surface area contributed by atoms with Crippen molar-refractivity contribution in [2.45, 2.75) is 362 Å². The summed E-state index contributed by atoms with van der Waals surface area (Å²) in [5.41, 5.74) is 13.7. The molecule has 0 spiro atoms. The summed E-state index contributed by atoms with van der Waals surface area (Å²) in [6, 6.07) is 0. The van der Waals surface area contributed by atoms with E-state index in [1.165, 1.54) is 78.4 Å². The molecule has 0 saturated heterocycles. The van der Waals surface area contributed by atoms with Crippen molar-refractivity contribution < 1.29 is 54.1 Å². The molecule has 0 aromatic heterocycles. The summed E-state index contributed by atoms with van der Waals surface area (Å²) in [5, 5.41) is 74.9. The van der Waals surface area contributed by atoms with Gasteiger partial charge in [0, 0.05) is 31.3 Å². The first kappa shape index (κ1) is 98.4. The van der Waals surface area contributed by atoms with Crippen LogP contribution in [0.2, 0.25) is 54.4 Å². The number of aliphatic hydroxyl groups is 8. The van der Waals surface area contributed by atoms with Gasteiger partial charge in [-0.25, -0.2) is 0 Å². The lowest BCUT2D eigenvalue weighted by molar-refractivity contribution is -0.0321. The lowest BCUT2D eigenvalue weighted by Gasteiger charge is -2.45. The number of rotatable bonds is 17. The fraction of sp³-hybridized carbons (Fsp3) is 0.747. The summed E-state index contributed by atoms with van der Waals surface area (Å²) >= 11 is 0. The van der Waals surface area contributed by atoms with E-state index in [0.29, 0.717) is 78.7 Å². The van der Waals surface area contributed by atoms with Gasteiger partial charge in [-0.15, -0.1) is 0 Å². The van der Waals surface area contributed by atoms with Crippen molar-refractivity contribution in [2.24, 2.45) is 58.2 Å². The molecule has 0 bridgehead atoms. The standard InChI is InChI=1S/C28H44O.C21H42O2Si2.C15H28O2Si.C13H24O2.C9H14O2.C9H13O2/c1-19(2)20(3)9-10-22(5)26-15-16-27-23(8-7-17-28(26,27)6)12-13-24-18-25(29)14-11-21(24)4;1-17-12-13-19(23-25(10,11)21(5,6)7)16-18(17)14-15-22-24(8,9)20(2,3)4;1-12-7-8-14(11-13(12)9-10-16)17-18(5,6)15(2,3)4;1-9(8-14)10-5-6-11-12(15)4-3-7-13(10,11)2;2*1-7-2-3-9(11)6-8(7)4-5-10/h9-10,12-13,19-20,22,25-27,29H,4,7-8,11,14-18H2,1-3,5-6H3;14,19H,1,12-13,15-16H2,2-11H3;9,14,16H,1,7-8,10-11H2,2-6H3;9-12,14-15H,3-8H2,1-2H3;4,9-11H,1-3,5-6H2;1,4,9-11H,2-3,5-6H2/q;;;;;+1/b10-9+,23-12+,24-13-;18-14-;13-9-;;2*8-4-/t20?,22?,25?,26?,27?,28-;;;9?,10?,11?,12-,13+;;/m1..0../s1. The van der Waals surface area contributed by atoms with Crippen molar-refractivity contribution in [2.75, 3.05) is 33.0 Å². The van der Waals surface area contributed by atoms with E-state index >= 15 is 0 Å². The van der Waals surface area contributed by atoms with Gasteiger partial charge in [0.1, 0.15) is 0 Å². The fourth-order valence-corrected chi connectivity index (χ4v) is 21.3. The lowest BCUT2D eigenvalue weighted by Crippen LogP contribution is -2.44. The zero-order valence-electron chi connectivity index (χ0n) is 73.6. The van der Waals surface area contributed by atoms with Gasteiger partial charge < -0.3 is 54.1 Å². The number of hydrogen-bond acceptors (Lipinski definition) is 11. The van der Waals surface area contributed by atoms with Gasteiger partial charge in [0.05, 0.1) is 69.4 Å². The Labute approximate surface area is 671 Å². The highest BCUT2D eigenvalue weighted by molar-refractivity contribution is 6.75. The maximum atomic E-state index is 10.1. The summed E-state index contributed by atoms with van der Waals surface area (Å²) in [4.78, 5) is 0. The van der Waals surface area contributed by atoms with E-state index in [1.807, 2.05) is 6.08 Å². The zero-order valence-corrected chi connectivity index (χ0v) is 76.6. The predicted molar refractivity (Wildman–Crippen MR) is 470 cm³/mol. The first-order chi connectivity index (χ1) is 50.5. The summed E-state index contributed by atoms with van der Waals surface area (Å²) in [6.45, 7) is 74.3. The van der Waals surface area contributed by atoms with Crippen LogP contribution in [-0.2, 0) is 13.3 Å². The van der Waals surface area contributed by atoms with Crippen LogP contribution < -0.4 is 0 Å². The van der Waals surface area contributed by atoms with Crippen molar-refractivity contribution in [1.29, 1.82) is 0 Å². The summed E-state index contributed by atoms with van der Waals surface area (Å²) in [5.74, 6) is 5.07. The van der Waals surface area contributed by atoms with Crippen LogP contribution in [0.25, 0.3) is 0 Å². The first-order valence-electron chi connectivity index (χ1n) is 42.9. The molecule has 0 aromatic rings. The van der Waals surface area contributed by atoms with Crippen LogP contribution in [0.4, 0.5) is 0 Å². The highest BCUT2D eigenvalue weighted by Gasteiger charge is 2.53. The molecular weight excluding hydrogens is 1400 g/mol. The van der Waals surface area contributed by atoms with E-state index in [4.69, 9.17) is 35.2 Å². The van der Waals surface area contributed by atoms with Gasteiger partial charge in [-0.3, -0.25) is 0 Å². The number of fused-ring (bicyclic) bond motifs is 2. The molecule has 9 saturated carbocycles. The summed E-state index contributed by atoms with van der Waals surface area (Å²) in [7, 11) is -5.09. The van der Waals surface area contributed by atoms with Gasteiger partial charge in [0.25, 0.3) is 0 Å². The van der Waals surface area contributed by atoms with Gasteiger partial charge in [-0.2, -0.15) is 0 Å². The third-order valence-corrected chi connectivity index (χ3v) is 42.1. The first-order valence-corrected chi connectivity index (χ1v) is 51.6. The van der Waals surface area contributed by atoms with Gasteiger partial charge in [-0.1, -0.05) is 214 Å². The van der Waals surface area contributed by atoms with E-state index in [2.05, 4.69) is 207 Å². The minimum Gasteiger partial charge on any atom is -0.414 e. The number of allylic oxidation sites excluding steroid dienone is 10. The molecule has 0 amide bonds. The molecule has 0 heterocycles. The van der Waals surface area contributed by atoms with Gasteiger partial charge in [0.15, 0.2) is 30.5 Å². The normalized spacial score (nSPS) is 31.9. The lowest BCUT2D eigenvalue weighted by atomic mass is 9.61.